The molecule has 0 bridgehead atoms. The minimum absolute atomic E-state index is 0.0836. The first-order chi connectivity index (χ1) is 9.11. The summed E-state index contributed by atoms with van der Waals surface area (Å²) < 4.78 is 4.63. The number of ether oxygens (including phenoxy) is 1. The predicted octanol–water partition coefficient (Wildman–Crippen LogP) is 2.63. The van der Waals surface area contributed by atoms with Crippen LogP contribution in [0, 0.1) is 5.92 Å². The van der Waals surface area contributed by atoms with Gasteiger partial charge in [-0.05, 0) is 37.1 Å². The lowest BCUT2D eigenvalue weighted by Gasteiger charge is -2.24. The van der Waals surface area contributed by atoms with E-state index in [4.69, 9.17) is 0 Å². The summed E-state index contributed by atoms with van der Waals surface area (Å²) in [6.07, 6.45) is 2.68. The normalized spacial score (nSPS) is 14.4. The van der Waals surface area contributed by atoms with Crippen LogP contribution in [-0.2, 0) is 9.53 Å². The molecule has 2 amide bonds. The summed E-state index contributed by atoms with van der Waals surface area (Å²) in [5.41, 5.74) is 1.47. The smallest absolute Gasteiger partial charge is 0.413 e. The molecule has 0 saturated heterocycles. The molecular formula is C14H18N2O3. The number of nitrogens with zero attached hydrogens (tertiary/aromatic N) is 1. The molecule has 19 heavy (non-hydrogen) atoms. The van der Waals surface area contributed by atoms with E-state index in [1.165, 1.54) is 12.0 Å². The molecule has 0 aliphatic heterocycles. The van der Waals surface area contributed by atoms with E-state index in [-0.39, 0.29) is 11.8 Å². The lowest BCUT2D eigenvalue weighted by molar-refractivity contribution is -0.122. The first-order valence-corrected chi connectivity index (χ1v) is 6.34. The third-order valence-electron chi connectivity index (χ3n) is 3.45. The first-order valence-electron chi connectivity index (χ1n) is 6.34. The van der Waals surface area contributed by atoms with E-state index in [0.717, 1.165) is 24.9 Å². The van der Waals surface area contributed by atoms with Crippen LogP contribution in [-0.4, -0.2) is 26.2 Å². The molecule has 0 unspecified atom stereocenters. The Balaban J connectivity index is 1.97. The van der Waals surface area contributed by atoms with Gasteiger partial charge in [0.2, 0.25) is 5.91 Å². The van der Waals surface area contributed by atoms with Crippen LogP contribution in [0.3, 0.4) is 0 Å². The number of rotatable bonds is 3. The third-order valence-corrected chi connectivity index (χ3v) is 3.45. The van der Waals surface area contributed by atoms with E-state index in [0.29, 0.717) is 5.69 Å². The Morgan fingerprint density at radius 2 is 1.89 bits per heavy atom. The zero-order chi connectivity index (χ0) is 13.8. The molecule has 1 fully saturated rings. The summed E-state index contributed by atoms with van der Waals surface area (Å²) in [6.45, 7) is 0. The maximum atomic E-state index is 11.8. The van der Waals surface area contributed by atoms with Crippen LogP contribution >= 0.6 is 0 Å². The third kappa shape index (κ3) is 3.05. The van der Waals surface area contributed by atoms with E-state index in [9.17, 15) is 9.59 Å². The Kier molecular flexibility index (Phi) is 4.04. The van der Waals surface area contributed by atoms with E-state index in [1.54, 1.807) is 31.3 Å². The number of hydrogen-bond donors (Lipinski definition) is 1. The van der Waals surface area contributed by atoms with Crippen LogP contribution in [0.1, 0.15) is 19.3 Å². The maximum Gasteiger partial charge on any atom is 0.413 e. The van der Waals surface area contributed by atoms with Crippen molar-refractivity contribution in [2.45, 2.75) is 19.3 Å². The molecule has 0 spiro atoms. The molecule has 2 rings (SSSR count). The van der Waals surface area contributed by atoms with Crippen molar-refractivity contribution in [1.82, 2.24) is 0 Å². The summed E-state index contributed by atoms with van der Waals surface area (Å²) >= 11 is 0. The average molecular weight is 262 g/mol. The van der Waals surface area contributed by atoms with E-state index in [2.05, 4.69) is 10.1 Å². The fourth-order valence-corrected chi connectivity index (χ4v) is 1.93. The Bertz CT molecular complexity index is 466. The highest BCUT2D eigenvalue weighted by Gasteiger charge is 2.25. The molecule has 1 aliphatic rings. The van der Waals surface area contributed by atoms with E-state index < -0.39 is 6.09 Å². The van der Waals surface area contributed by atoms with Crippen LogP contribution in [0.2, 0.25) is 0 Å². The first kappa shape index (κ1) is 13.4. The molecule has 5 heteroatoms. The molecule has 1 aromatic rings. The van der Waals surface area contributed by atoms with Gasteiger partial charge in [-0.1, -0.05) is 6.42 Å². The number of carbonyl (C=O) groups excluding carboxylic acids is 2. The highest BCUT2D eigenvalue weighted by Crippen LogP contribution is 2.27. The molecule has 0 aromatic heterocycles. The van der Waals surface area contributed by atoms with Gasteiger partial charge in [0.1, 0.15) is 0 Å². The van der Waals surface area contributed by atoms with Crippen molar-refractivity contribution in [3.63, 3.8) is 0 Å². The zero-order valence-corrected chi connectivity index (χ0v) is 11.2. The van der Waals surface area contributed by atoms with Gasteiger partial charge in [-0.25, -0.2) is 4.79 Å². The van der Waals surface area contributed by atoms with Crippen molar-refractivity contribution in [1.29, 1.82) is 0 Å². The second kappa shape index (κ2) is 5.73. The Hall–Kier alpha value is -2.04. The molecular weight excluding hydrogens is 244 g/mol. The van der Waals surface area contributed by atoms with Gasteiger partial charge in [0.15, 0.2) is 0 Å². The molecule has 1 aromatic carbocycles. The van der Waals surface area contributed by atoms with Crippen molar-refractivity contribution in [2.75, 3.05) is 24.4 Å². The van der Waals surface area contributed by atoms with Crippen LogP contribution in [0.25, 0.3) is 0 Å². The minimum atomic E-state index is -0.425. The van der Waals surface area contributed by atoms with Gasteiger partial charge in [0.25, 0.3) is 0 Å². The van der Waals surface area contributed by atoms with E-state index >= 15 is 0 Å². The SMILES string of the molecule is COC(=O)N(C)c1ccc(NC(=O)C2CCC2)cc1. The topological polar surface area (TPSA) is 58.6 Å². The van der Waals surface area contributed by atoms with Gasteiger partial charge in [-0.3, -0.25) is 9.69 Å². The van der Waals surface area contributed by atoms with Crippen molar-refractivity contribution < 1.29 is 14.3 Å². The fraction of sp³-hybridized carbons (Fsp3) is 0.429. The maximum absolute atomic E-state index is 11.8. The van der Waals surface area contributed by atoms with Crippen LogP contribution in [0.15, 0.2) is 24.3 Å². The van der Waals surface area contributed by atoms with Crippen molar-refractivity contribution >= 4 is 23.4 Å². The number of hydrogen-bond acceptors (Lipinski definition) is 3. The lowest BCUT2D eigenvalue weighted by Crippen LogP contribution is -2.28. The predicted molar refractivity (Wildman–Crippen MR) is 73.2 cm³/mol. The van der Waals surface area contributed by atoms with Gasteiger partial charge in [0.05, 0.1) is 7.11 Å². The number of anilines is 2. The summed E-state index contributed by atoms with van der Waals surface area (Å²) in [7, 11) is 2.97. The van der Waals surface area contributed by atoms with Crippen LogP contribution in [0.5, 0.6) is 0 Å². The van der Waals surface area contributed by atoms with Crippen LogP contribution in [0.4, 0.5) is 16.2 Å². The number of amides is 2. The van der Waals surface area contributed by atoms with Gasteiger partial charge in [0, 0.05) is 24.3 Å². The molecule has 0 atom stereocenters. The number of carbonyl (C=O) groups is 2. The lowest BCUT2D eigenvalue weighted by atomic mass is 9.85. The molecule has 0 radical (unpaired) electrons. The van der Waals surface area contributed by atoms with E-state index in [1.807, 2.05) is 0 Å². The van der Waals surface area contributed by atoms with Gasteiger partial charge >= 0.3 is 6.09 Å². The molecule has 0 heterocycles. The van der Waals surface area contributed by atoms with Crippen molar-refractivity contribution in [3.8, 4) is 0 Å². The largest absolute Gasteiger partial charge is 0.452 e. The second-order valence-corrected chi connectivity index (χ2v) is 4.69. The van der Waals surface area contributed by atoms with Gasteiger partial charge in [-0.15, -0.1) is 0 Å². The quantitative estimate of drug-likeness (QED) is 0.911. The fourth-order valence-electron chi connectivity index (χ4n) is 1.93. The Labute approximate surface area is 112 Å². The highest BCUT2D eigenvalue weighted by molar-refractivity contribution is 5.93. The molecule has 102 valence electrons. The Morgan fingerprint density at radius 3 is 2.37 bits per heavy atom. The monoisotopic (exact) mass is 262 g/mol. The standard InChI is InChI=1S/C14H18N2O3/c1-16(14(18)19-2)12-8-6-11(7-9-12)15-13(17)10-4-3-5-10/h6-10H,3-5H2,1-2H3,(H,15,17). The summed E-state index contributed by atoms with van der Waals surface area (Å²) in [4.78, 5) is 24.5. The second-order valence-electron chi connectivity index (χ2n) is 4.69. The Morgan fingerprint density at radius 1 is 1.26 bits per heavy atom. The molecule has 1 saturated carbocycles. The summed E-state index contributed by atoms with van der Waals surface area (Å²) in [5.74, 6) is 0.248. The molecule has 1 aliphatic carbocycles. The number of nitrogens with one attached hydrogen (secondary N) is 1. The molecule has 1 N–H and O–H groups in total. The summed E-state index contributed by atoms with van der Waals surface area (Å²) in [5, 5.41) is 2.88. The highest BCUT2D eigenvalue weighted by atomic mass is 16.5. The minimum Gasteiger partial charge on any atom is -0.452 e. The van der Waals surface area contributed by atoms with Crippen molar-refractivity contribution in [3.05, 3.63) is 24.3 Å². The van der Waals surface area contributed by atoms with Gasteiger partial charge in [-0.2, -0.15) is 0 Å². The number of methoxy groups -OCH3 is 1. The van der Waals surface area contributed by atoms with Crippen LogP contribution < -0.4 is 10.2 Å². The average Bonchev–Trinajstić information content (AvgIpc) is 2.35. The molecule has 5 nitrogen and oxygen atoms in total. The summed E-state index contributed by atoms with van der Waals surface area (Å²) in [6, 6.07) is 7.11. The van der Waals surface area contributed by atoms with Gasteiger partial charge < -0.3 is 10.1 Å². The van der Waals surface area contributed by atoms with Crippen molar-refractivity contribution in [2.24, 2.45) is 5.92 Å². The zero-order valence-electron chi connectivity index (χ0n) is 11.2. The number of benzene rings is 1.